The summed E-state index contributed by atoms with van der Waals surface area (Å²) in [4.78, 5) is 42.4. The molecule has 1 aliphatic heterocycles. The summed E-state index contributed by atoms with van der Waals surface area (Å²) in [5.74, 6) is -0.943. The molecule has 1 unspecified atom stereocenters. The summed E-state index contributed by atoms with van der Waals surface area (Å²) in [6.45, 7) is 2.18. The van der Waals surface area contributed by atoms with Crippen LogP contribution in [0.25, 0.3) is 10.8 Å². The molecule has 0 radical (unpaired) electrons. The van der Waals surface area contributed by atoms with E-state index in [-0.39, 0.29) is 37.5 Å². The molecule has 0 spiro atoms. The van der Waals surface area contributed by atoms with Gasteiger partial charge in [0.05, 0.1) is 23.4 Å². The second-order valence-electron chi connectivity index (χ2n) is 10.6. The van der Waals surface area contributed by atoms with Crippen molar-refractivity contribution < 1.29 is 27.9 Å². The number of nitrogens with one attached hydrogen (secondary N) is 1. The molecule has 1 aliphatic rings. The quantitative estimate of drug-likeness (QED) is 0.145. The number of hydrogen-bond acceptors (Lipinski definition) is 6. The number of aliphatic imine (C=N–C) groups is 1. The molecule has 1 heterocycles. The third kappa shape index (κ3) is 7.65. The van der Waals surface area contributed by atoms with Crippen molar-refractivity contribution in [3.8, 4) is 0 Å². The molecule has 0 fully saturated rings. The Morgan fingerprint density at radius 2 is 1.67 bits per heavy atom. The number of rotatable bonds is 10. The fourth-order valence-electron chi connectivity index (χ4n) is 5.06. The van der Waals surface area contributed by atoms with Gasteiger partial charge in [-0.2, -0.15) is 4.99 Å². The van der Waals surface area contributed by atoms with Gasteiger partial charge < -0.3 is 20.3 Å². The standard InChI is InChI=1S/C34H33N5O6S/c1-23-18-19-38(39(46(43)44)30-13-7-11-26-10-5-6-12-28(26)30)33(41)29(23)20-31(40)36-21-24-14-16-27(17-15-24)32(35)37-34(42)45-22-25-8-3-2-4-9-25/h2-17H,18-22H2,1H3,(H,36,40)(H,43,44)(H2,35,37,42)/p-1. The summed E-state index contributed by atoms with van der Waals surface area (Å²) in [7, 11) is 0. The van der Waals surface area contributed by atoms with Crippen LogP contribution in [-0.2, 0) is 38.7 Å². The number of benzene rings is 4. The van der Waals surface area contributed by atoms with Gasteiger partial charge in [-0.1, -0.05) is 96.6 Å². The summed E-state index contributed by atoms with van der Waals surface area (Å²) in [6.07, 6.45) is -0.601. The number of hydrogen-bond donors (Lipinski definition) is 2. The number of ether oxygens (including phenoxy) is 1. The first kappa shape index (κ1) is 32.1. The number of anilines is 1. The van der Waals surface area contributed by atoms with Crippen molar-refractivity contribution in [1.82, 2.24) is 10.3 Å². The maximum Gasteiger partial charge on any atom is 0.435 e. The van der Waals surface area contributed by atoms with Crippen LogP contribution < -0.4 is 15.5 Å². The van der Waals surface area contributed by atoms with Gasteiger partial charge in [0.25, 0.3) is 5.91 Å². The van der Waals surface area contributed by atoms with Crippen LogP contribution in [0, 0.1) is 0 Å². The molecule has 5 rings (SSSR count). The molecule has 1 atom stereocenters. The molecule has 12 heteroatoms. The highest BCUT2D eigenvalue weighted by Gasteiger charge is 2.32. The van der Waals surface area contributed by atoms with Gasteiger partial charge in [-0.05, 0) is 35.9 Å². The molecule has 4 aromatic rings. The number of nitrogens with zero attached hydrogens (tertiary/aromatic N) is 3. The van der Waals surface area contributed by atoms with Crippen LogP contribution in [0.2, 0.25) is 0 Å². The second-order valence-corrected chi connectivity index (χ2v) is 11.4. The first-order valence-corrected chi connectivity index (χ1v) is 15.5. The molecule has 4 aromatic carbocycles. The third-order valence-electron chi connectivity index (χ3n) is 7.53. The Hall–Kier alpha value is -5.33. The van der Waals surface area contributed by atoms with Crippen LogP contribution in [0.3, 0.4) is 0 Å². The van der Waals surface area contributed by atoms with Crippen molar-refractivity contribution in [3.05, 3.63) is 125 Å². The number of nitrogens with two attached hydrogens (primary N) is 1. The van der Waals surface area contributed by atoms with E-state index in [1.54, 1.807) is 55.5 Å². The monoisotopic (exact) mass is 638 g/mol. The van der Waals surface area contributed by atoms with Crippen molar-refractivity contribution in [2.75, 3.05) is 11.0 Å². The molecule has 0 saturated heterocycles. The molecule has 3 amide bonds. The zero-order chi connectivity index (χ0) is 32.6. The zero-order valence-corrected chi connectivity index (χ0v) is 25.9. The van der Waals surface area contributed by atoms with E-state index < -0.39 is 29.2 Å². The highest BCUT2D eigenvalue weighted by atomic mass is 32.2. The van der Waals surface area contributed by atoms with E-state index in [0.29, 0.717) is 23.1 Å². The van der Waals surface area contributed by atoms with E-state index in [0.717, 1.165) is 26.5 Å². The molecule has 3 N–H and O–H groups in total. The molecule has 236 valence electrons. The maximum absolute atomic E-state index is 13.6. The predicted octanol–water partition coefficient (Wildman–Crippen LogP) is 4.65. The van der Waals surface area contributed by atoms with Crippen LogP contribution in [0.4, 0.5) is 10.5 Å². The normalized spacial score (nSPS) is 14.3. The number of amides is 3. The van der Waals surface area contributed by atoms with E-state index in [9.17, 15) is 23.1 Å². The average molecular weight is 639 g/mol. The van der Waals surface area contributed by atoms with Gasteiger partial charge >= 0.3 is 6.09 Å². The van der Waals surface area contributed by atoms with E-state index in [2.05, 4.69) is 10.3 Å². The van der Waals surface area contributed by atoms with Crippen LogP contribution >= 0.6 is 0 Å². The fourth-order valence-corrected chi connectivity index (χ4v) is 5.70. The smallest absolute Gasteiger partial charge is 0.435 e. The summed E-state index contributed by atoms with van der Waals surface area (Å²) in [5, 5.41) is 5.48. The van der Waals surface area contributed by atoms with Crippen molar-refractivity contribution in [3.63, 3.8) is 0 Å². The lowest BCUT2D eigenvalue weighted by Crippen LogP contribution is -2.51. The third-order valence-corrected chi connectivity index (χ3v) is 8.21. The van der Waals surface area contributed by atoms with Crippen molar-refractivity contribution in [1.29, 1.82) is 0 Å². The summed E-state index contributed by atoms with van der Waals surface area (Å²) < 4.78 is 31.0. The van der Waals surface area contributed by atoms with E-state index >= 15 is 0 Å². The SMILES string of the molecule is CC1=C(CC(=O)NCc2ccc(C(N)=NC(=O)OCc3ccccc3)cc2)C(=O)N(N(c2cccc3ccccc23)S(=O)[O-])CC1. The summed E-state index contributed by atoms with van der Waals surface area (Å²) >= 11 is -2.79. The summed E-state index contributed by atoms with van der Waals surface area (Å²) in [5.41, 5.74) is 9.39. The molecule has 0 saturated carbocycles. The van der Waals surface area contributed by atoms with Gasteiger partial charge in [-0.15, -0.1) is 0 Å². The number of hydrazine groups is 1. The minimum atomic E-state index is -2.79. The Morgan fingerprint density at radius 3 is 2.41 bits per heavy atom. The van der Waals surface area contributed by atoms with Crippen molar-refractivity contribution in [2.24, 2.45) is 10.7 Å². The Morgan fingerprint density at radius 1 is 0.978 bits per heavy atom. The predicted molar refractivity (Wildman–Crippen MR) is 175 cm³/mol. The number of fused-ring (bicyclic) bond motifs is 1. The maximum atomic E-state index is 13.6. The number of carbonyl (C=O) groups is 3. The largest absolute Gasteiger partial charge is 0.754 e. The highest BCUT2D eigenvalue weighted by molar-refractivity contribution is 7.80. The summed E-state index contributed by atoms with van der Waals surface area (Å²) in [6, 6.07) is 28.6. The minimum Gasteiger partial charge on any atom is -0.754 e. The molecule has 0 aromatic heterocycles. The van der Waals surface area contributed by atoms with Crippen LogP contribution in [-0.4, -0.2) is 44.1 Å². The van der Waals surface area contributed by atoms with E-state index in [1.165, 1.54) is 5.01 Å². The lowest BCUT2D eigenvalue weighted by molar-refractivity contribution is -0.129. The second kappa shape index (κ2) is 14.6. The highest BCUT2D eigenvalue weighted by Crippen LogP contribution is 2.32. The van der Waals surface area contributed by atoms with Gasteiger partial charge in [-0.3, -0.25) is 13.8 Å². The van der Waals surface area contributed by atoms with Crippen LogP contribution in [0.15, 0.2) is 113 Å². The van der Waals surface area contributed by atoms with Gasteiger partial charge in [0, 0.05) is 29.6 Å². The average Bonchev–Trinajstić information content (AvgIpc) is 3.06. The Labute approximate surface area is 268 Å². The Bertz CT molecular complexity index is 1840. The molecule has 0 aliphatic carbocycles. The fraction of sp³-hybridized carbons (Fsp3) is 0.176. The minimum absolute atomic E-state index is 0.00650. The molecule has 11 nitrogen and oxygen atoms in total. The van der Waals surface area contributed by atoms with E-state index in [1.807, 2.05) is 48.5 Å². The Kier molecular flexibility index (Phi) is 10.2. The molecule has 0 bridgehead atoms. The molecule has 46 heavy (non-hydrogen) atoms. The van der Waals surface area contributed by atoms with Gasteiger partial charge in [-0.25, -0.2) is 14.2 Å². The van der Waals surface area contributed by atoms with Gasteiger partial charge in [0.15, 0.2) is 0 Å². The number of amidine groups is 1. The van der Waals surface area contributed by atoms with Gasteiger partial charge in [0.1, 0.15) is 12.4 Å². The van der Waals surface area contributed by atoms with Crippen molar-refractivity contribution in [2.45, 2.75) is 32.9 Å². The lowest BCUT2D eigenvalue weighted by atomic mass is 9.98. The Balaban J connectivity index is 1.19. The molecular formula is C34H32N5O6S-. The van der Waals surface area contributed by atoms with Crippen molar-refractivity contribution >= 4 is 51.5 Å². The zero-order valence-electron chi connectivity index (χ0n) is 25.0. The molecular weight excluding hydrogens is 606 g/mol. The van der Waals surface area contributed by atoms with E-state index in [4.69, 9.17) is 10.5 Å². The lowest BCUT2D eigenvalue weighted by Gasteiger charge is -2.40. The first-order chi connectivity index (χ1) is 22.2. The van der Waals surface area contributed by atoms with Gasteiger partial charge in [0.2, 0.25) is 5.91 Å². The first-order valence-electron chi connectivity index (χ1n) is 14.5. The topological polar surface area (TPSA) is 157 Å². The number of carbonyl (C=O) groups excluding carboxylic acids is 3. The van der Waals surface area contributed by atoms with Crippen LogP contribution in [0.1, 0.15) is 36.5 Å². The van der Waals surface area contributed by atoms with Crippen LogP contribution in [0.5, 0.6) is 0 Å².